The number of rotatable bonds is 19. The lowest BCUT2D eigenvalue weighted by molar-refractivity contribution is -0.126. The van der Waals surface area contributed by atoms with E-state index in [-0.39, 0.29) is 62.1 Å². The van der Waals surface area contributed by atoms with Crippen molar-refractivity contribution in [2.45, 2.75) is 25.8 Å². The Balaban J connectivity index is 1.23. The van der Waals surface area contributed by atoms with Gasteiger partial charge in [0.1, 0.15) is 11.5 Å². The summed E-state index contributed by atoms with van der Waals surface area (Å²) in [7, 11) is 2.82. The molecule has 59 heavy (non-hydrogen) atoms. The highest BCUT2D eigenvalue weighted by molar-refractivity contribution is 6.32. The van der Waals surface area contributed by atoms with Crippen LogP contribution >= 0.6 is 11.6 Å². The second kappa shape index (κ2) is 22.6. The third-order valence-electron chi connectivity index (χ3n) is 9.58. The molecule has 2 aliphatic heterocycles. The van der Waals surface area contributed by atoms with E-state index in [2.05, 4.69) is 41.3 Å². The van der Waals surface area contributed by atoms with Crippen molar-refractivity contribution in [3.05, 3.63) is 76.3 Å². The highest BCUT2D eigenvalue weighted by Gasteiger charge is 2.25. The summed E-state index contributed by atoms with van der Waals surface area (Å²) in [6.45, 7) is 9.91. The molecule has 0 saturated carbocycles. The number of anilines is 2. The quantitative estimate of drug-likeness (QED) is 0.0767. The number of hydrogen-bond donors (Lipinski definition) is 4. The van der Waals surface area contributed by atoms with Crippen molar-refractivity contribution >= 4 is 58.1 Å². The summed E-state index contributed by atoms with van der Waals surface area (Å²) in [4.78, 5) is 70.2. The molecule has 0 aliphatic carbocycles. The normalized spacial score (nSPS) is 15.3. The van der Waals surface area contributed by atoms with Crippen molar-refractivity contribution in [2.75, 3.05) is 104 Å². The Morgan fingerprint density at radius 2 is 1.25 bits per heavy atom. The third kappa shape index (κ3) is 13.5. The van der Waals surface area contributed by atoms with Crippen LogP contribution in [0, 0.1) is 0 Å². The molecular formula is C41H51ClN8O9. The maximum absolute atomic E-state index is 13.4. The lowest BCUT2D eigenvalue weighted by atomic mass is 10.1. The monoisotopic (exact) mass is 834 g/mol. The van der Waals surface area contributed by atoms with Gasteiger partial charge in [0.2, 0.25) is 6.04 Å². The van der Waals surface area contributed by atoms with Crippen LogP contribution in [-0.4, -0.2) is 138 Å². The predicted molar refractivity (Wildman–Crippen MR) is 221 cm³/mol. The Hall–Kier alpha value is -5.46. The van der Waals surface area contributed by atoms with E-state index in [0.717, 1.165) is 52.1 Å². The molecule has 0 spiro atoms. The number of nitrogens with zero attached hydrogens (tertiary/aromatic N) is 4. The van der Waals surface area contributed by atoms with E-state index in [1.54, 1.807) is 0 Å². The average Bonchev–Trinajstić information content (AvgIpc) is 3.25. The van der Waals surface area contributed by atoms with Crippen LogP contribution in [0.4, 0.5) is 17.1 Å². The Bertz CT molecular complexity index is 1910. The van der Waals surface area contributed by atoms with Crippen LogP contribution < -0.4 is 30.7 Å². The van der Waals surface area contributed by atoms with Gasteiger partial charge in [-0.1, -0.05) is 11.6 Å². The van der Waals surface area contributed by atoms with Gasteiger partial charge in [0.25, 0.3) is 23.6 Å². The number of azo groups is 1. The number of methoxy groups -OCH3 is 2. The predicted octanol–water partition coefficient (Wildman–Crippen LogP) is 4.19. The number of benzene rings is 3. The molecule has 3 aromatic carbocycles. The minimum Gasteiger partial charge on any atom is -0.495 e. The molecule has 0 bridgehead atoms. The molecule has 2 fully saturated rings. The van der Waals surface area contributed by atoms with Crippen molar-refractivity contribution in [3.63, 3.8) is 0 Å². The lowest BCUT2D eigenvalue weighted by Gasteiger charge is -2.26. The first-order valence-corrected chi connectivity index (χ1v) is 19.8. The van der Waals surface area contributed by atoms with Gasteiger partial charge in [-0.2, -0.15) is 10.2 Å². The molecule has 2 aliphatic rings. The summed E-state index contributed by atoms with van der Waals surface area (Å²) >= 11 is 6.16. The SMILES string of the molecule is COc1cc(NC(=O)C(N=Nc2ccc(C(=O)Nc3cc(C(=O)NCCCN4CCOCC4)cc(C(=O)NCCCN4CCOCC4)c3)cc2)C(C)=O)c(OC)cc1Cl. The van der Waals surface area contributed by atoms with Crippen LogP contribution in [-0.2, 0) is 19.1 Å². The second-order valence-electron chi connectivity index (χ2n) is 13.8. The molecule has 2 saturated heterocycles. The van der Waals surface area contributed by atoms with Crippen molar-refractivity contribution in [1.29, 1.82) is 0 Å². The highest BCUT2D eigenvalue weighted by Crippen LogP contribution is 2.36. The summed E-state index contributed by atoms with van der Waals surface area (Å²) in [5.74, 6) is -2.04. The van der Waals surface area contributed by atoms with E-state index < -0.39 is 23.6 Å². The number of carbonyl (C=O) groups excluding carboxylic acids is 5. The van der Waals surface area contributed by atoms with Gasteiger partial charge in [0, 0.05) is 73.8 Å². The number of ketones is 1. The number of morpholine rings is 2. The van der Waals surface area contributed by atoms with Crippen LogP contribution in [0.1, 0.15) is 50.8 Å². The number of carbonyl (C=O) groups is 5. The Labute approximate surface area is 348 Å². The van der Waals surface area contributed by atoms with Gasteiger partial charge in [-0.3, -0.25) is 33.8 Å². The molecule has 4 amide bonds. The van der Waals surface area contributed by atoms with Gasteiger partial charge >= 0.3 is 0 Å². The van der Waals surface area contributed by atoms with Crippen molar-refractivity contribution < 1.29 is 42.9 Å². The number of halogens is 1. The number of ether oxygens (including phenoxy) is 4. The first-order valence-electron chi connectivity index (χ1n) is 19.4. The van der Waals surface area contributed by atoms with Crippen LogP contribution in [0.3, 0.4) is 0 Å². The van der Waals surface area contributed by atoms with Gasteiger partial charge in [0.15, 0.2) is 5.78 Å². The largest absolute Gasteiger partial charge is 0.495 e. The summed E-state index contributed by atoms with van der Waals surface area (Å²) in [6, 6.07) is 12.0. The second-order valence-corrected chi connectivity index (χ2v) is 14.2. The van der Waals surface area contributed by atoms with Crippen LogP contribution in [0.5, 0.6) is 11.5 Å². The van der Waals surface area contributed by atoms with Crippen molar-refractivity contribution in [1.82, 2.24) is 20.4 Å². The molecule has 5 rings (SSSR count). The fourth-order valence-electron chi connectivity index (χ4n) is 6.31. The van der Waals surface area contributed by atoms with Crippen LogP contribution in [0.15, 0.2) is 64.8 Å². The van der Waals surface area contributed by atoms with Gasteiger partial charge in [-0.15, -0.1) is 0 Å². The van der Waals surface area contributed by atoms with E-state index in [1.807, 2.05) is 0 Å². The molecule has 3 aromatic rings. The van der Waals surface area contributed by atoms with Gasteiger partial charge in [-0.25, -0.2) is 0 Å². The molecule has 4 N–H and O–H groups in total. The van der Waals surface area contributed by atoms with Crippen LogP contribution in [0.25, 0.3) is 0 Å². The first-order chi connectivity index (χ1) is 28.5. The van der Waals surface area contributed by atoms with Crippen molar-refractivity contribution in [2.24, 2.45) is 10.2 Å². The molecule has 18 heteroatoms. The Morgan fingerprint density at radius 1 is 0.712 bits per heavy atom. The van der Waals surface area contributed by atoms with Crippen molar-refractivity contribution in [3.8, 4) is 11.5 Å². The summed E-state index contributed by atoms with van der Waals surface area (Å²) in [6.07, 6.45) is 1.48. The number of nitrogens with one attached hydrogen (secondary N) is 4. The van der Waals surface area contributed by atoms with Gasteiger partial charge in [0.05, 0.1) is 57.0 Å². The van der Waals surface area contributed by atoms with Crippen LogP contribution in [0.2, 0.25) is 5.02 Å². The smallest absolute Gasteiger partial charge is 0.258 e. The molecule has 1 atom stereocenters. The van der Waals surface area contributed by atoms with E-state index in [4.69, 9.17) is 30.5 Å². The maximum atomic E-state index is 13.4. The minimum absolute atomic E-state index is 0.216. The van der Waals surface area contributed by atoms with Gasteiger partial charge in [-0.05, 0) is 75.3 Å². The van der Waals surface area contributed by atoms with E-state index in [9.17, 15) is 24.0 Å². The first kappa shape index (κ1) is 44.6. The molecule has 0 radical (unpaired) electrons. The Kier molecular flexibility index (Phi) is 17.1. The van der Waals surface area contributed by atoms with E-state index >= 15 is 0 Å². The summed E-state index contributed by atoms with van der Waals surface area (Å²) in [5, 5.41) is 19.6. The topological polar surface area (TPSA) is 202 Å². The fourth-order valence-corrected chi connectivity index (χ4v) is 6.54. The zero-order valence-electron chi connectivity index (χ0n) is 33.5. The molecule has 2 heterocycles. The molecule has 0 aromatic heterocycles. The molecule has 1 unspecified atom stereocenters. The maximum Gasteiger partial charge on any atom is 0.258 e. The zero-order chi connectivity index (χ0) is 42.1. The third-order valence-corrected chi connectivity index (χ3v) is 9.87. The Morgan fingerprint density at radius 3 is 1.76 bits per heavy atom. The van der Waals surface area contributed by atoms with E-state index in [0.29, 0.717) is 39.5 Å². The van der Waals surface area contributed by atoms with Gasteiger partial charge < -0.3 is 40.2 Å². The number of hydrogen-bond acceptors (Lipinski definition) is 13. The fraction of sp³-hybridized carbons (Fsp3) is 0.439. The summed E-state index contributed by atoms with van der Waals surface area (Å²) in [5.41, 5.74) is 1.42. The van der Waals surface area contributed by atoms with E-state index in [1.165, 1.54) is 75.7 Å². The minimum atomic E-state index is -1.49. The summed E-state index contributed by atoms with van der Waals surface area (Å²) < 4.78 is 21.3. The molecule has 316 valence electrons. The average molecular weight is 835 g/mol. The molecule has 17 nitrogen and oxygen atoms in total. The zero-order valence-corrected chi connectivity index (χ0v) is 34.3. The standard InChI is InChI=1S/C41H51ClN8O9/c1-27(51)37(41(55)46-34-26-35(56-2)33(42)25-36(34)57-3)48-47-31-8-6-28(7-9-31)40(54)45-32-23-29(38(52)43-10-4-12-49-14-18-58-19-15-49)22-30(24-32)39(53)44-11-5-13-50-16-20-59-21-17-50/h6-9,22-26,37H,4-5,10-21H2,1-3H3,(H,43,52)(H,44,53)(H,45,54)(H,46,55). The highest BCUT2D eigenvalue weighted by atomic mass is 35.5. The number of amides is 4. The molecular weight excluding hydrogens is 784 g/mol. The lowest BCUT2D eigenvalue weighted by Crippen LogP contribution is -2.38. The number of Topliss-reactive ketones (excluding diaryl/α,β-unsaturated/α-hetero) is 1.